The summed E-state index contributed by atoms with van der Waals surface area (Å²) in [6, 6.07) is 6.67. The highest BCUT2D eigenvalue weighted by molar-refractivity contribution is 5.45. The van der Waals surface area contributed by atoms with Gasteiger partial charge in [-0.15, -0.1) is 0 Å². The van der Waals surface area contributed by atoms with Crippen molar-refractivity contribution in [2.75, 3.05) is 25.0 Å². The Morgan fingerprint density at radius 2 is 2.19 bits per heavy atom. The number of nitrogens with two attached hydrogens (primary N) is 1. The van der Waals surface area contributed by atoms with Gasteiger partial charge >= 0.3 is 0 Å². The summed E-state index contributed by atoms with van der Waals surface area (Å²) in [7, 11) is 1.98. The Morgan fingerprint density at radius 1 is 1.44 bits per heavy atom. The zero-order chi connectivity index (χ0) is 12.0. The van der Waals surface area contributed by atoms with Crippen LogP contribution in [-0.2, 0) is 0 Å². The van der Waals surface area contributed by atoms with E-state index in [0.717, 1.165) is 25.1 Å². The normalized spacial score (nSPS) is 12.5. The lowest BCUT2D eigenvalue weighted by atomic mass is 10.0. The van der Waals surface area contributed by atoms with Crippen molar-refractivity contribution < 1.29 is 4.39 Å². The molecule has 3 heteroatoms. The van der Waals surface area contributed by atoms with E-state index in [1.54, 1.807) is 12.1 Å². The van der Waals surface area contributed by atoms with E-state index in [0.29, 0.717) is 12.5 Å². The van der Waals surface area contributed by atoms with Crippen LogP contribution in [0.5, 0.6) is 0 Å². The van der Waals surface area contributed by atoms with Crippen LogP contribution in [0.25, 0.3) is 0 Å². The fraction of sp³-hybridized carbons (Fsp3) is 0.538. The lowest BCUT2D eigenvalue weighted by Gasteiger charge is -2.24. The van der Waals surface area contributed by atoms with E-state index in [1.165, 1.54) is 6.07 Å². The van der Waals surface area contributed by atoms with Crippen LogP contribution in [-0.4, -0.2) is 20.1 Å². The molecule has 0 heterocycles. The first-order valence-corrected chi connectivity index (χ1v) is 5.84. The molecule has 0 aliphatic rings. The van der Waals surface area contributed by atoms with Gasteiger partial charge in [0.2, 0.25) is 0 Å². The van der Waals surface area contributed by atoms with Gasteiger partial charge in [-0.25, -0.2) is 4.39 Å². The summed E-state index contributed by atoms with van der Waals surface area (Å²) in [5.74, 6) is 0.294. The SMILES string of the molecule is CCCC(CN)CN(C)c1cccc(F)c1. The fourth-order valence-electron chi connectivity index (χ4n) is 1.90. The second-order valence-corrected chi connectivity index (χ2v) is 4.25. The summed E-state index contributed by atoms with van der Waals surface area (Å²) >= 11 is 0. The molecule has 90 valence electrons. The van der Waals surface area contributed by atoms with Crippen molar-refractivity contribution in [3.8, 4) is 0 Å². The molecule has 1 rings (SSSR count). The third kappa shape index (κ3) is 3.81. The number of benzene rings is 1. The molecule has 1 atom stereocenters. The third-order valence-electron chi connectivity index (χ3n) is 2.81. The highest BCUT2D eigenvalue weighted by Gasteiger charge is 2.10. The molecule has 0 aliphatic carbocycles. The van der Waals surface area contributed by atoms with E-state index in [2.05, 4.69) is 11.8 Å². The maximum atomic E-state index is 13.0. The van der Waals surface area contributed by atoms with Gasteiger partial charge in [0, 0.05) is 19.3 Å². The molecule has 1 aromatic rings. The minimum atomic E-state index is -0.191. The Bertz CT molecular complexity index is 315. The maximum Gasteiger partial charge on any atom is 0.125 e. The van der Waals surface area contributed by atoms with Gasteiger partial charge in [-0.1, -0.05) is 19.4 Å². The zero-order valence-electron chi connectivity index (χ0n) is 10.1. The monoisotopic (exact) mass is 224 g/mol. The first-order chi connectivity index (χ1) is 7.67. The summed E-state index contributed by atoms with van der Waals surface area (Å²) in [6.45, 7) is 3.73. The summed E-state index contributed by atoms with van der Waals surface area (Å²) in [4.78, 5) is 2.07. The van der Waals surface area contributed by atoms with Crippen LogP contribution in [0.4, 0.5) is 10.1 Å². The highest BCUT2D eigenvalue weighted by atomic mass is 19.1. The molecule has 0 aromatic heterocycles. The predicted molar refractivity (Wildman–Crippen MR) is 67.1 cm³/mol. The van der Waals surface area contributed by atoms with Crippen LogP contribution >= 0.6 is 0 Å². The van der Waals surface area contributed by atoms with Gasteiger partial charge < -0.3 is 10.6 Å². The number of halogens is 1. The van der Waals surface area contributed by atoms with E-state index < -0.39 is 0 Å². The van der Waals surface area contributed by atoms with Gasteiger partial charge in [0.1, 0.15) is 5.82 Å². The Balaban J connectivity index is 2.60. The molecule has 1 unspecified atom stereocenters. The van der Waals surface area contributed by atoms with Crippen LogP contribution in [0.3, 0.4) is 0 Å². The van der Waals surface area contributed by atoms with E-state index >= 15 is 0 Å². The third-order valence-corrected chi connectivity index (χ3v) is 2.81. The van der Waals surface area contributed by atoms with Crippen molar-refractivity contribution in [2.45, 2.75) is 19.8 Å². The van der Waals surface area contributed by atoms with E-state index in [4.69, 9.17) is 5.73 Å². The molecule has 0 spiro atoms. The molecule has 0 aliphatic heterocycles. The van der Waals surface area contributed by atoms with Crippen LogP contribution in [0.2, 0.25) is 0 Å². The van der Waals surface area contributed by atoms with E-state index in [9.17, 15) is 4.39 Å². The number of hydrogen-bond acceptors (Lipinski definition) is 2. The highest BCUT2D eigenvalue weighted by Crippen LogP contribution is 2.16. The average Bonchev–Trinajstić information content (AvgIpc) is 2.28. The number of hydrogen-bond donors (Lipinski definition) is 1. The number of anilines is 1. The Kier molecular flexibility index (Phi) is 5.26. The van der Waals surface area contributed by atoms with Gasteiger partial charge in [-0.3, -0.25) is 0 Å². The lowest BCUT2D eigenvalue weighted by molar-refractivity contribution is 0.490. The molecule has 0 bridgehead atoms. The second-order valence-electron chi connectivity index (χ2n) is 4.25. The smallest absolute Gasteiger partial charge is 0.125 e. The molecule has 0 saturated heterocycles. The van der Waals surface area contributed by atoms with Gasteiger partial charge in [-0.2, -0.15) is 0 Å². The second kappa shape index (κ2) is 6.48. The predicted octanol–water partition coefficient (Wildman–Crippen LogP) is 2.64. The van der Waals surface area contributed by atoms with Crippen molar-refractivity contribution in [3.05, 3.63) is 30.1 Å². The number of rotatable bonds is 6. The standard InChI is InChI=1S/C13H21FN2/c1-3-5-11(9-15)10-16(2)13-7-4-6-12(14)8-13/h4,6-8,11H,3,5,9-10,15H2,1-2H3. The molecular weight excluding hydrogens is 203 g/mol. The largest absolute Gasteiger partial charge is 0.374 e. The van der Waals surface area contributed by atoms with Crippen molar-refractivity contribution in [1.29, 1.82) is 0 Å². The average molecular weight is 224 g/mol. The minimum absolute atomic E-state index is 0.191. The summed E-state index contributed by atoms with van der Waals surface area (Å²) in [6.07, 6.45) is 2.26. The van der Waals surface area contributed by atoms with Gasteiger partial charge in [0.15, 0.2) is 0 Å². The number of nitrogens with zero attached hydrogens (tertiary/aromatic N) is 1. The molecule has 2 N–H and O–H groups in total. The molecule has 0 saturated carbocycles. The molecule has 1 aromatic carbocycles. The first-order valence-electron chi connectivity index (χ1n) is 5.84. The van der Waals surface area contributed by atoms with Crippen LogP contribution in [0.1, 0.15) is 19.8 Å². The van der Waals surface area contributed by atoms with E-state index in [-0.39, 0.29) is 5.82 Å². The Morgan fingerprint density at radius 3 is 2.75 bits per heavy atom. The minimum Gasteiger partial charge on any atom is -0.374 e. The van der Waals surface area contributed by atoms with Crippen molar-refractivity contribution >= 4 is 5.69 Å². The van der Waals surface area contributed by atoms with Crippen molar-refractivity contribution in [3.63, 3.8) is 0 Å². The summed E-state index contributed by atoms with van der Waals surface area (Å²) in [5, 5.41) is 0. The zero-order valence-corrected chi connectivity index (χ0v) is 10.1. The fourth-order valence-corrected chi connectivity index (χ4v) is 1.90. The summed E-state index contributed by atoms with van der Waals surface area (Å²) in [5.41, 5.74) is 6.63. The summed E-state index contributed by atoms with van der Waals surface area (Å²) < 4.78 is 13.0. The van der Waals surface area contributed by atoms with Gasteiger partial charge in [-0.05, 0) is 37.1 Å². The van der Waals surface area contributed by atoms with Crippen molar-refractivity contribution in [1.82, 2.24) is 0 Å². The molecule has 0 amide bonds. The molecule has 0 radical (unpaired) electrons. The van der Waals surface area contributed by atoms with Crippen LogP contribution in [0.15, 0.2) is 24.3 Å². The molecule has 0 fully saturated rings. The van der Waals surface area contributed by atoms with E-state index in [1.807, 2.05) is 13.1 Å². The van der Waals surface area contributed by atoms with Crippen molar-refractivity contribution in [2.24, 2.45) is 11.7 Å². The van der Waals surface area contributed by atoms with Crippen LogP contribution < -0.4 is 10.6 Å². The topological polar surface area (TPSA) is 29.3 Å². The Labute approximate surface area is 97.3 Å². The lowest BCUT2D eigenvalue weighted by Crippen LogP contribution is -2.30. The van der Waals surface area contributed by atoms with Crippen LogP contribution in [0, 0.1) is 11.7 Å². The quantitative estimate of drug-likeness (QED) is 0.805. The molecule has 16 heavy (non-hydrogen) atoms. The van der Waals surface area contributed by atoms with Gasteiger partial charge in [0.25, 0.3) is 0 Å². The maximum absolute atomic E-state index is 13.0. The Hall–Kier alpha value is -1.09. The first kappa shape index (κ1) is 13.0. The molecular formula is C13H21FN2. The van der Waals surface area contributed by atoms with Gasteiger partial charge in [0.05, 0.1) is 0 Å². The molecule has 2 nitrogen and oxygen atoms in total.